The Morgan fingerprint density at radius 1 is 1.37 bits per heavy atom. The van der Waals surface area contributed by atoms with Crippen molar-refractivity contribution in [1.29, 1.82) is 0 Å². The highest BCUT2D eigenvalue weighted by molar-refractivity contribution is 5.76. The zero-order valence-corrected chi connectivity index (χ0v) is 11.9. The standard InChI is InChI=1S/C13H26N4O2/c1-16-5-7-17(8-6-16)4-2-15-13(18)10-12-11-14-3-9-19-12/h12,14H,2-11H2,1H3,(H,15,18). The Balaban J connectivity index is 1.53. The number of rotatable bonds is 5. The quantitative estimate of drug-likeness (QED) is 0.652. The summed E-state index contributed by atoms with van der Waals surface area (Å²) in [7, 11) is 2.15. The maximum Gasteiger partial charge on any atom is 0.222 e. The van der Waals surface area contributed by atoms with Crippen molar-refractivity contribution in [2.24, 2.45) is 0 Å². The average molecular weight is 270 g/mol. The fourth-order valence-corrected chi connectivity index (χ4v) is 2.45. The Bertz CT molecular complexity index is 274. The summed E-state index contributed by atoms with van der Waals surface area (Å²) in [5, 5.41) is 6.22. The Hall–Kier alpha value is -0.690. The molecule has 2 aliphatic heterocycles. The first-order chi connectivity index (χ1) is 9.24. The molecule has 0 spiro atoms. The van der Waals surface area contributed by atoms with Gasteiger partial charge in [-0.2, -0.15) is 0 Å². The van der Waals surface area contributed by atoms with Gasteiger partial charge in [0.1, 0.15) is 0 Å². The van der Waals surface area contributed by atoms with E-state index in [1.54, 1.807) is 0 Å². The number of nitrogens with zero attached hydrogens (tertiary/aromatic N) is 2. The van der Waals surface area contributed by atoms with Gasteiger partial charge in [-0.15, -0.1) is 0 Å². The number of carbonyl (C=O) groups is 1. The minimum atomic E-state index is 0.0392. The SMILES string of the molecule is CN1CCN(CCNC(=O)CC2CNCCO2)CC1. The van der Waals surface area contributed by atoms with Gasteiger partial charge in [0.05, 0.1) is 19.1 Å². The fraction of sp³-hybridized carbons (Fsp3) is 0.923. The molecule has 0 aromatic heterocycles. The van der Waals surface area contributed by atoms with Crippen LogP contribution in [0.2, 0.25) is 0 Å². The number of hydrogen-bond donors (Lipinski definition) is 2. The van der Waals surface area contributed by atoms with Gasteiger partial charge in [0, 0.05) is 52.4 Å². The molecule has 0 radical (unpaired) electrons. The lowest BCUT2D eigenvalue weighted by Crippen LogP contribution is -2.47. The summed E-state index contributed by atoms with van der Waals surface area (Å²) in [6.45, 7) is 8.51. The lowest BCUT2D eigenvalue weighted by atomic mass is 10.2. The third-order valence-electron chi connectivity index (χ3n) is 3.76. The highest BCUT2D eigenvalue weighted by Crippen LogP contribution is 2.01. The topological polar surface area (TPSA) is 56.8 Å². The summed E-state index contributed by atoms with van der Waals surface area (Å²) in [5.74, 6) is 0.0998. The Morgan fingerprint density at radius 3 is 2.84 bits per heavy atom. The Morgan fingerprint density at radius 2 is 2.16 bits per heavy atom. The molecule has 0 bridgehead atoms. The number of carbonyl (C=O) groups excluding carboxylic acids is 1. The van der Waals surface area contributed by atoms with Crippen molar-refractivity contribution in [3.8, 4) is 0 Å². The lowest BCUT2D eigenvalue weighted by Gasteiger charge is -2.32. The van der Waals surface area contributed by atoms with Gasteiger partial charge in [0.2, 0.25) is 5.91 Å². The molecule has 2 rings (SSSR count). The van der Waals surface area contributed by atoms with Crippen molar-refractivity contribution in [3.05, 3.63) is 0 Å². The molecule has 2 N–H and O–H groups in total. The first-order valence-electron chi connectivity index (χ1n) is 7.24. The van der Waals surface area contributed by atoms with Gasteiger partial charge in [-0.3, -0.25) is 9.69 Å². The third-order valence-corrected chi connectivity index (χ3v) is 3.76. The molecule has 1 unspecified atom stereocenters. The second kappa shape index (κ2) is 7.79. The smallest absolute Gasteiger partial charge is 0.222 e. The van der Waals surface area contributed by atoms with Crippen LogP contribution in [0.1, 0.15) is 6.42 Å². The molecule has 2 aliphatic rings. The zero-order valence-electron chi connectivity index (χ0n) is 11.9. The molecular formula is C13H26N4O2. The van der Waals surface area contributed by atoms with E-state index < -0.39 is 0 Å². The maximum absolute atomic E-state index is 11.8. The second-order valence-electron chi connectivity index (χ2n) is 5.40. The largest absolute Gasteiger partial charge is 0.375 e. The molecule has 0 aromatic carbocycles. The Kier molecular flexibility index (Phi) is 6.03. The van der Waals surface area contributed by atoms with E-state index in [4.69, 9.17) is 4.74 Å². The number of amides is 1. The van der Waals surface area contributed by atoms with Gasteiger partial charge in [-0.05, 0) is 7.05 Å². The van der Waals surface area contributed by atoms with E-state index in [1.165, 1.54) is 0 Å². The molecule has 2 heterocycles. The maximum atomic E-state index is 11.8. The van der Waals surface area contributed by atoms with Crippen LogP contribution >= 0.6 is 0 Å². The average Bonchev–Trinajstić information content (AvgIpc) is 2.42. The lowest BCUT2D eigenvalue weighted by molar-refractivity contribution is -0.124. The normalized spacial score (nSPS) is 26.3. The van der Waals surface area contributed by atoms with Gasteiger partial charge in [-0.25, -0.2) is 0 Å². The van der Waals surface area contributed by atoms with E-state index >= 15 is 0 Å². The molecule has 0 aromatic rings. The molecule has 2 fully saturated rings. The van der Waals surface area contributed by atoms with Crippen LogP contribution < -0.4 is 10.6 Å². The highest BCUT2D eigenvalue weighted by Gasteiger charge is 2.17. The van der Waals surface area contributed by atoms with Crippen molar-refractivity contribution in [2.45, 2.75) is 12.5 Å². The van der Waals surface area contributed by atoms with E-state index in [0.717, 1.165) is 52.4 Å². The summed E-state index contributed by atoms with van der Waals surface area (Å²) < 4.78 is 5.52. The van der Waals surface area contributed by atoms with Crippen molar-refractivity contribution in [3.63, 3.8) is 0 Å². The molecule has 0 saturated carbocycles. The number of morpholine rings is 1. The first kappa shape index (κ1) is 14.7. The monoisotopic (exact) mass is 270 g/mol. The number of ether oxygens (including phenoxy) is 1. The molecule has 0 aliphatic carbocycles. The number of hydrogen-bond acceptors (Lipinski definition) is 5. The zero-order chi connectivity index (χ0) is 13.5. The molecular weight excluding hydrogens is 244 g/mol. The van der Waals surface area contributed by atoms with Gasteiger partial charge < -0.3 is 20.3 Å². The van der Waals surface area contributed by atoms with Gasteiger partial charge in [-0.1, -0.05) is 0 Å². The number of piperazine rings is 1. The Labute approximate surface area is 115 Å². The van der Waals surface area contributed by atoms with Crippen LogP contribution in [-0.4, -0.2) is 87.8 Å². The van der Waals surface area contributed by atoms with Gasteiger partial charge >= 0.3 is 0 Å². The molecule has 19 heavy (non-hydrogen) atoms. The summed E-state index contributed by atoms with van der Waals surface area (Å²) in [6.07, 6.45) is 0.507. The van der Waals surface area contributed by atoms with Gasteiger partial charge in [0.25, 0.3) is 0 Å². The first-order valence-corrected chi connectivity index (χ1v) is 7.24. The van der Waals surface area contributed by atoms with Crippen molar-refractivity contribution >= 4 is 5.91 Å². The molecule has 1 amide bonds. The number of nitrogens with one attached hydrogen (secondary N) is 2. The minimum absolute atomic E-state index is 0.0392. The van der Waals surface area contributed by atoms with E-state index in [9.17, 15) is 4.79 Å². The molecule has 6 nitrogen and oxygen atoms in total. The van der Waals surface area contributed by atoms with E-state index in [2.05, 4.69) is 27.5 Å². The summed E-state index contributed by atoms with van der Waals surface area (Å²) in [4.78, 5) is 16.5. The van der Waals surface area contributed by atoms with Crippen molar-refractivity contribution in [1.82, 2.24) is 20.4 Å². The van der Waals surface area contributed by atoms with E-state index in [-0.39, 0.29) is 12.0 Å². The summed E-state index contributed by atoms with van der Waals surface area (Å²) in [5.41, 5.74) is 0. The molecule has 1 atom stereocenters. The predicted molar refractivity (Wildman–Crippen MR) is 74.2 cm³/mol. The van der Waals surface area contributed by atoms with Gasteiger partial charge in [0.15, 0.2) is 0 Å². The summed E-state index contributed by atoms with van der Waals surface area (Å²) in [6, 6.07) is 0. The van der Waals surface area contributed by atoms with Crippen LogP contribution in [0.3, 0.4) is 0 Å². The van der Waals surface area contributed by atoms with E-state index in [1.807, 2.05) is 0 Å². The number of likely N-dealkylation sites (N-methyl/N-ethyl adjacent to an activating group) is 1. The van der Waals surface area contributed by atoms with Crippen LogP contribution in [0.15, 0.2) is 0 Å². The highest BCUT2D eigenvalue weighted by atomic mass is 16.5. The fourth-order valence-electron chi connectivity index (χ4n) is 2.45. The molecule has 6 heteroatoms. The molecule has 2 saturated heterocycles. The second-order valence-corrected chi connectivity index (χ2v) is 5.40. The van der Waals surface area contributed by atoms with Crippen LogP contribution in [0.4, 0.5) is 0 Å². The van der Waals surface area contributed by atoms with Crippen LogP contribution in [0.25, 0.3) is 0 Å². The van der Waals surface area contributed by atoms with Crippen molar-refractivity contribution < 1.29 is 9.53 Å². The summed E-state index contributed by atoms with van der Waals surface area (Å²) >= 11 is 0. The van der Waals surface area contributed by atoms with E-state index in [0.29, 0.717) is 13.0 Å². The van der Waals surface area contributed by atoms with Crippen LogP contribution in [-0.2, 0) is 9.53 Å². The molecule has 110 valence electrons. The minimum Gasteiger partial charge on any atom is -0.375 e. The van der Waals surface area contributed by atoms with Crippen LogP contribution in [0, 0.1) is 0 Å². The predicted octanol–water partition coefficient (Wildman–Crippen LogP) is -1.27. The van der Waals surface area contributed by atoms with Crippen molar-refractivity contribution in [2.75, 3.05) is 66.0 Å². The van der Waals surface area contributed by atoms with Crippen LogP contribution in [0.5, 0.6) is 0 Å². The third kappa shape index (κ3) is 5.44.